The standard InChI is InChI=1S/C20H30N4O5S2/c1-5-20(13(3)12-23-18(20)26)17(25)22-10-9-14-7-8-15(29-6-2)16(11-14)31(27,28)24-19(30)21-4/h7-8,11,13H,5-6,9-10,12H2,1-4H3,(H,22,25)(H,23,26)(H2,21,24,30). The van der Waals surface area contributed by atoms with Gasteiger partial charge in [0.1, 0.15) is 16.1 Å². The number of carbonyl (C=O) groups excluding carboxylic acids is 2. The number of hydrogen-bond donors (Lipinski definition) is 4. The summed E-state index contributed by atoms with van der Waals surface area (Å²) in [5.41, 5.74) is -0.380. The number of thiocarbonyl (C=S) groups is 1. The molecule has 1 heterocycles. The van der Waals surface area contributed by atoms with Gasteiger partial charge in [0.15, 0.2) is 5.11 Å². The lowest BCUT2D eigenvalue weighted by Gasteiger charge is -2.27. The van der Waals surface area contributed by atoms with E-state index >= 15 is 0 Å². The van der Waals surface area contributed by atoms with E-state index in [1.54, 1.807) is 19.1 Å². The maximum atomic E-state index is 12.8. The minimum atomic E-state index is -3.95. The second-order valence-electron chi connectivity index (χ2n) is 7.34. The number of rotatable bonds is 9. The summed E-state index contributed by atoms with van der Waals surface area (Å²) < 4.78 is 33.2. The maximum Gasteiger partial charge on any atom is 0.267 e. The Hall–Kier alpha value is -2.40. The molecule has 172 valence electrons. The zero-order valence-electron chi connectivity index (χ0n) is 18.2. The lowest BCUT2D eigenvalue weighted by molar-refractivity contribution is -0.143. The fraction of sp³-hybridized carbons (Fsp3) is 0.550. The molecule has 2 rings (SSSR count). The minimum Gasteiger partial charge on any atom is -0.492 e. The van der Waals surface area contributed by atoms with Crippen molar-refractivity contribution in [2.75, 3.05) is 26.7 Å². The summed E-state index contributed by atoms with van der Waals surface area (Å²) in [6.07, 6.45) is 0.793. The van der Waals surface area contributed by atoms with Crippen LogP contribution >= 0.6 is 12.2 Å². The third-order valence-electron chi connectivity index (χ3n) is 5.53. The van der Waals surface area contributed by atoms with E-state index in [0.717, 1.165) is 0 Å². The Bertz CT molecular complexity index is 951. The van der Waals surface area contributed by atoms with Gasteiger partial charge in [0.2, 0.25) is 11.8 Å². The second-order valence-corrected chi connectivity index (χ2v) is 9.40. The Balaban J connectivity index is 2.16. The zero-order chi connectivity index (χ0) is 23.2. The Morgan fingerprint density at radius 3 is 2.61 bits per heavy atom. The molecule has 0 bridgehead atoms. The quantitative estimate of drug-likeness (QED) is 0.309. The fourth-order valence-corrected chi connectivity index (χ4v) is 5.18. The van der Waals surface area contributed by atoms with Crippen LogP contribution < -0.4 is 25.4 Å². The molecule has 1 aliphatic rings. The van der Waals surface area contributed by atoms with E-state index in [1.807, 2.05) is 13.8 Å². The molecule has 1 aromatic rings. The summed E-state index contributed by atoms with van der Waals surface area (Å²) in [5, 5.41) is 8.13. The van der Waals surface area contributed by atoms with Gasteiger partial charge in [0.25, 0.3) is 10.0 Å². The predicted molar refractivity (Wildman–Crippen MR) is 121 cm³/mol. The van der Waals surface area contributed by atoms with Gasteiger partial charge in [-0.05, 0) is 55.6 Å². The number of carbonyl (C=O) groups is 2. The molecule has 31 heavy (non-hydrogen) atoms. The van der Waals surface area contributed by atoms with Crippen LogP contribution in [-0.2, 0) is 26.0 Å². The molecule has 0 spiro atoms. The van der Waals surface area contributed by atoms with Gasteiger partial charge >= 0.3 is 0 Å². The smallest absolute Gasteiger partial charge is 0.267 e. The van der Waals surface area contributed by atoms with Crippen molar-refractivity contribution in [1.82, 2.24) is 20.7 Å². The molecule has 0 saturated carbocycles. The van der Waals surface area contributed by atoms with Crippen LogP contribution in [0.2, 0.25) is 0 Å². The maximum absolute atomic E-state index is 12.8. The number of amides is 2. The highest BCUT2D eigenvalue weighted by atomic mass is 32.2. The van der Waals surface area contributed by atoms with Gasteiger partial charge in [0, 0.05) is 20.1 Å². The summed E-state index contributed by atoms with van der Waals surface area (Å²) in [7, 11) is -2.43. The highest BCUT2D eigenvalue weighted by Crippen LogP contribution is 2.36. The Kier molecular flexibility index (Phi) is 8.24. The summed E-state index contributed by atoms with van der Waals surface area (Å²) in [4.78, 5) is 25.1. The lowest BCUT2D eigenvalue weighted by atomic mass is 9.75. The predicted octanol–water partition coefficient (Wildman–Crippen LogP) is 0.689. The van der Waals surface area contributed by atoms with Crippen LogP contribution in [0.4, 0.5) is 0 Å². The van der Waals surface area contributed by atoms with E-state index in [0.29, 0.717) is 31.6 Å². The zero-order valence-corrected chi connectivity index (χ0v) is 19.8. The van der Waals surface area contributed by atoms with Crippen molar-refractivity contribution in [2.24, 2.45) is 11.3 Å². The molecule has 11 heteroatoms. The first-order chi connectivity index (χ1) is 14.6. The monoisotopic (exact) mass is 470 g/mol. The molecule has 1 saturated heterocycles. The molecule has 1 aromatic carbocycles. The van der Waals surface area contributed by atoms with Gasteiger partial charge in [-0.3, -0.25) is 14.3 Å². The number of sulfonamides is 1. The highest BCUT2D eigenvalue weighted by Gasteiger charge is 2.52. The third-order valence-corrected chi connectivity index (χ3v) is 7.34. The van der Waals surface area contributed by atoms with Crippen molar-refractivity contribution in [2.45, 2.75) is 38.5 Å². The van der Waals surface area contributed by atoms with Crippen LogP contribution in [0.3, 0.4) is 0 Å². The van der Waals surface area contributed by atoms with Gasteiger partial charge in [-0.15, -0.1) is 0 Å². The van der Waals surface area contributed by atoms with Gasteiger partial charge in [-0.25, -0.2) is 8.42 Å². The third kappa shape index (κ3) is 5.27. The Labute approximate surface area is 188 Å². The van der Waals surface area contributed by atoms with E-state index in [-0.39, 0.29) is 40.0 Å². The molecule has 9 nitrogen and oxygen atoms in total. The van der Waals surface area contributed by atoms with Crippen LogP contribution in [0.15, 0.2) is 23.1 Å². The van der Waals surface area contributed by atoms with Gasteiger partial charge in [0.05, 0.1) is 6.61 Å². The van der Waals surface area contributed by atoms with E-state index < -0.39 is 15.4 Å². The van der Waals surface area contributed by atoms with Crippen molar-refractivity contribution < 1.29 is 22.7 Å². The molecule has 2 atom stereocenters. The summed E-state index contributed by atoms with van der Waals surface area (Å²) in [5.74, 6) is -0.448. The number of nitrogens with one attached hydrogen (secondary N) is 4. The van der Waals surface area contributed by atoms with Crippen molar-refractivity contribution in [3.63, 3.8) is 0 Å². The molecule has 1 aliphatic heterocycles. The van der Waals surface area contributed by atoms with Crippen LogP contribution in [0.1, 0.15) is 32.8 Å². The van der Waals surface area contributed by atoms with Gasteiger partial charge < -0.3 is 20.7 Å². The lowest BCUT2D eigenvalue weighted by Crippen LogP contribution is -2.48. The van der Waals surface area contributed by atoms with Crippen molar-refractivity contribution in [3.8, 4) is 5.75 Å². The van der Waals surface area contributed by atoms with Crippen LogP contribution in [0.25, 0.3) is 0 Å². The van der Waals surface area contributed by atoms with Crippen LogP contribution in [0.5, 0.6) is 5.75 Å². The van der Waals surface area contributed by atoms with Gasteiger partial charge in [-0.1, -0.05) is 19.9 Å². The minimum absolute atomic E-state index is 0.0334. The summed E-state index contributed by atoms with van der Waals surface area (Å²) >= 11 is 4.91. The highest BCUT2D eigenvalue weighted by molar-refractivity contribution is 7.92. The van der Waals surface area contributed by atoms with Crippen LogP contribution in [-0.4, -0.2) is 52.1 Å². The summed E-state index contributed by atoms with van der Waals surface area (Å²) in [6.45, 7) is 6.50. The van der Waals surface area contributed by atoms with Crippen molar-refractivity contribution in [1.29, 1.82) is 0 Å². The van der Waals surface area contributed by atoms with Crippen molar-refractivity contribution in [3.05, 3.63) is 23.8 Å². The Morgan fingerprint density at radius 2 is 2.06 bits per heavy atom. The number of hydrogen-bond acceptors (Lipinski definition) is 6. The van der Waals surface area contributed by atoms with E-state index in [2.05, 4.69) is 20.7 Å². The average Bonchev–Trinajstić information content (AvgIpc) is 3.03. The largest absolute Gasteiger partial charge is 0.492 e. The van der Waals surface area contributed by atoms with E-state index in [4.69, 9.17) is 17.0 Å². The molecule has 0 aromatic heterocycles. The first-order valence-corrected chi connectivity index (χ1v) is 12.1. The average molecular weight is 471 g/mol. The topological polar surface area (TPSA) is 126 Å². The first kappa shape index (κ1) is 24.9. The number of ether oxygens (including phenoxy) is 1. The molecule has 0 aliphatic carbocycles. The number of benzene rings is 1. The normalized spacial score (nSPS) is 20.6. The summed E-state index contributed by atoms with van der Waals surface area (Å²) in [6, 6.07) is 4.82. The SMILES string of the molecule is CCOc1ccc(CCNC(=O)C2(CC)C(=O)NCC2C)cc1S(=O)(=O)NC(=S)NC. The van der Waals surface area contributed by atoms with Crippen molar-refractivity contribution >= 4 is 39.2 Å². The molecule has 2 unspecified atom stereocenters. The van der Waals surface area contributed by atoms with E-state index in [1.165, 1.54) is 13.1 Å². The molecule has 1 fully saturated rings. The molecule has 2 amide bonds. The molecular formula is C20H30N4O5S2. The second kappa shape index (κ2) is 10.3. The fourth-order valence-electron chi connectivity index (χ4n) is 3.70. The first-order valence-electron chi connectivity index (χ1n) is 10.2. The molecule has 4 N–H and O–H groups in total. The van der Waals surface area contributed by atoms with Crippen LogP contribution in [0, 0.1) is 11.3 Å². The van der Waals surface area contributed by atoms with E-state index in [9.17, 15) is 18.0 Å². The Morgan fingerprint density at radius 1 is 1.35 bits per heavy atom. The molecular weight excluding hydrogens is 440 g/mol. The molecule has 0 radical (unpaired) electrons. The van der Waals surface area contributed by atoms with Gasteiger partial charge in [-0.2, -0.15) is 0 Å².